The summed E-state index contributed by atoms with van der Waals surface area (Å²) in [6, 6.07) is 0. The molecule has 1 fully saturated rings. The second-order valence-electron chi connectivity index (χ2n) is 6.68. The third-order valence-electron chi connectivity index (χ3n) is 4.24. The van der Waals surface area contributed by atoms with E-state index in [1.54, 1.807) is 0 Å². The molecule has 0 saturated carbocycles. The Labute approximate surface area is 136 Å². The summed E-state index contributed by atoms with van der Waals surface area (Å²) in [5.41, 5.74) is -0.398. The highest BCUT2D eigenvalue weighted by molar-refractivity contribution is 5.76. The van der Waals surface area contributed by atoms with Gasteiger partial charge in [-0.25, -0.2) is 0 Å². The van der Waals surface area contributed by atoms with Gasteiger partial charge >= 0.3 is 5.97 Å². The molecule has 0 aromatic heterocycles. The van der Waals surface area contributed by atoms with Crippen LogP contribution in [0.2, 0.25) is 0 Å². The third-order valence-corrected chi connectivity index (χ3v) is 4.24. The lowest BCUT2D eigenvalue weighted by Crippen LogP contribution is -2.34. The monoisotopic (exact) mass is 316 g/mol. The summed E-state index contributed by atoms with van der Waals surface area (Å²) < 4.78 is 16.6. The van der Waals surface area contributed by atoms with Crippen LogP contribution in [0, 0.1) is 11.3 Å². The second kappa shape index (κ2) is 9.51. The molecule has 1 saturated heterocycles. The van der Waals surface area contributed by atoms with Crippen LogP contribution in [0.25, 0.3) is 0 Å². The Bertz CT molecular complexity index is 327. The predicted molar refractivity (Wildman–Crippen MR) is 89.7 cm³/mol. The summed E-state index contributed by atoms with van der Waals surface area (Å²) in [5.74, 6) is -0.159. The zero-order valence-electron chi connectivity index (χ0n) is 15.8. The average Bonchev–Trinajstić information content (AvgIpc) is 2.85. The normalized spacial score (nSPS) is 23.9. The molecule has 3 unspecified atom stereocenters. The highest BCUT2D eigenvalue weighted by Gasteiger charge is 2.37. The molecule has 0 bridgehead atoms. The van der Waals surface area contributed by atoms with E-state index in [0.29, 0.717) is 12.5 Å². The minimum atomic E-state index is -0.568. The van der Waals surface area contributed by atoms with E-state index in [4.69, 9.17) is 14.2 Å². The number of esters is 1. The van der Waals surface area contributed by atoms with Crippen LogP contribution in [0.5, 0.6) is 0 Å². The van der Waals surface area contributed by atoms with E-state index in [0.717, 1.165) is 19.3 Å². The molecule has 0 aromatic rings. The molecular formula is C18H36O4. The van der Waals surface area contributed by atoms with E-state index in [1.807, 2.05) is 41.5 Å². The van der Waals surface area contributed by atoms with Crippen LogP contribution in [0.1, 0.15) is 74.7 Å². The van der Waals surface area contributed by atoms with E-state index in [2.05, 4.69) is 13.8 Å². The molecule has 0 N–H and O–H groups in total. The number of carbonyl (C=O) groups excluding carboxylic acids is 1. The van der Waals surface area contributed by atoms with Crippen LogP contribution >= 0.6 is 0 Å². The van der Waals surface area contributed by atoms with Gasteiger partial charge in [0.2, 0.25) is 0 Å². The fourth-order valence-corrected chi connectivity index (χ4v) is 2.47. The standard InChI is InChI=1S/C16H30O4.C2H6/c1-7-12(3)9-16(6,8-2)14(17)18-10-13-11-19-15(4,5)20-13;1-2/h12-13H,7-11H2,1-6H3;1-2H3. The van der Waals surface area contributed by atoms with Crippen molar-refractivity contribution in [1.29, 1.82) is 0 Å². The van der Waals surface area contributed by atoms with Gasteiger partial charge in [0.25, 0.3) is 0 Å². The molecule has 1 aliphatic heterocycles. The van der Waals surface area contributed by atoms with Crippen LogP contribution in [0.15, 0.2) is 0 Å². The molecule has 1 aliphatic rings. The summed E-state index contributed by atoms with van der Waals surface area (Å²) >= 11 is 0. The van der Waals surface area contributed by atoms with Gasteiger partial charge in [-0.15, -0.1) is 0 Å². The number of hydrogen-bond acceptors (Lipinski definition) is 4. The van der Waals surface area contributed by atoms with Crippen molar-refractivity contribution in [2.75, 3.05) is 13.2 Å². The molecule has 0 aromatic carbocycles. The van der Waals surface area contributed by atoms with Crippen molar-refractivity contribution >= 4 is 5.97 Å². The fourth-order valence-electron chi connectivity index (χ4n) is 2.47. The van der Waals surface area contributed by atoms with E-state index in [-0.39, 0.29) is 18.7 Å². The minimum Gasteiger partial charge on any atom is -0.462 e. The molecule has 22 heavy (non-hydrogen) atoms. The van der Waals surface area contributed by atoms with Crippen molar-refractivity contribution in [3.05, 3.63) is 0 Å². The molecule has 3 atom stereocenters. The van der Waals surface area contributed by atoms with Gasteiger partial charge in [0, 0.05) is 0 Å². The molecular weight excluding hydrogens is 280 g/mol. The SMILES string of the molecule is CC.CCC(C)CC(C)(CC)C(=O)OCC1COC(C)(C)O1. The molecule has 132 valence electrons. The van der Waals surface area contributed by atoms with Crippen molar-refractivity contribution in [3.63, 3.8) is 0 Å². The zero-order chi connectivity index (χ0) is 17.4. The van der Waals surface area contributed by atoms with Crippen LogP contribution in [0.4, 0.5) is 0 Å². The highest BCUT2D eigenvalue weighted by Crippen LogP contribution is 2.33. The Hall–Kier alpha value is -0.610. The third kappa shape index (κ3) is 6.66. The molecule has 0 amide bonds. The zero-order valence-corrected chi connectivity index (χ0v) is 15.8. The lowest BCUT2D eigenvalue weighted by Gasteiger charge is -2.29. The van der Waals surface area contributed by atoms with Crippen molar-refractivity contribution < 1.29 is 19.0 Å². The Morgan fingerprint density at radius 1 is 1.36 bits per heavy atom. The number of ether oxygens (including phenoxy) is 3. The van der Waals surface area contributed by atoms with Gasteiger partial charge < -0.3 is 14.2 Å². The van der Waals surface area contributed by atoms with Crippen molar-refractivity contribution in [2.24, 2.45) is 11.3 Å². The fraction of sp³-hybridized carbons (Fsp3) is 0.944. The maximum atomic E-state index is 12.3. The van der Waals surface area contributed by atoms with Crippen molar-refractivity contribution in [3.8, 4) is 0 Å². The number of rotatable bonds is 7. The molecule has 0 aliphatic carbocycles. The summed E-state index contributed by atoms with van der Waals surface area (Å²) in [4.78, 5) is 12.3. The minimum absolute atomic E-state index is 0.117. The topological polar surface area (TPSA) is 44.8 Å². The predicted octanol–water partition coefficient (Wildman–Crippen LogP) is 4.56. The summed E-state index contributed by atoms with van der Waals surface area (Å²) in [6.45, 7) is 16.9. The van der Waals surface area contributed by atoms with E-state index < -0.39 is 11.2 Å². The quantitative estimate of drug-likeness (QED) is 0.646. The first-order valence-corrected chi connectivity index (χ1v) is 8.71. The number of hydrogen-bond donors (Lipinski definition) is 0. The van der Waals surface area contributed by atoms with Crippen molar-refractivity contribution in [1.82, 2.24) is 0 Å². The first-order valence-electron chi connectivity index (χ1n) is 8.71. The van der Waals surface area contributed by atoms with Crippen LogP contribution in [-0.2, 0) is 19.0 Å². The first kappa shape index (κ1) is 21.4. The second-order valence-corrected chi connectivity index (χ2v) is 6.68. The lowest BCUT2D eigenvalue weighted by molar-refractivity contribution is -0.167. The average molecular weight is 316 g/mol. The smallest absolute Gasteiger partial charge is 0.311 e. The molecule has 0 spiro atoms. The molecule has 4 nitrogen and oxygen atoms in total. The summed E-state index contributed by atoms with van der Waals surface area (Å²) in [7, 11) is 0. The molecule has 1 rings (SSSR count). The van der Waals surface area contributed by atoms with E-state index in [9.17, 15) is 4.79 Å². The van der Waals surface area contributed by atoms with Gasteiger partial charge in [-0.1, -0.05) is 41.0 Å². The van der Waals surface area contributed by atoms with E-state index >= 15 is 0 Å². The summed E-state index contributed by atoms with van der Waals surface area (Å²) in [5, 5.41) is 0. The lowest BCUT2D eigenvalue weighted by atomic mass is 9.78. The largest absolute Gasteiger partial charge is 0.462 e. The van der Waals surface area contributed by atoms with Crippen molar-refractivity contribution in [2.45, 2.75) is 86.5 Å². The van der Waals surface area contributed by atoms with Gasteiger partial charge in [-0.05, 0) is 39.5 Å². The molecule has 4 heteroatoms. The van der Waals surface area contributed by atoms with E-state index in [1.165, 1.54) is 0 Å². The Balaban J connectivity index is 0.00000211. The summed E-state index contributed by atoms with van der Waals surface area (Å²) in [6.07, 6.45) is 2.59. The number of carbonyl (C=O) groups is 1. The molecule has 0 radical (unpaired) electrons. The molecule has 1 heterocycles. The van der Waals surface area contributed by atoms with Gasteiger partial charge in [0.1, 0.15) is 12.7 Å². The first-order chi connectivity index (χ1) is 10.2. The Morgan fingerprint density at radius 2 is 1.95 bits per heavy atom. The maximum Gasteiger partial charge on any atom is 0.311 e. The Morgan fingerprint density at radius 3 is 2.36 bits per heavy atom. The Kier molecular flexibility index (Phi) is 9.25. The van der Waals surface area contributed by atoms with Crippen LogP contribution in [0.3, 0.4) is 0 Å². The highest BCUT2D eigenvalue weighted by atomic mass is 16.7. The van der Waals surface area contributed by atoms with Gasteiger partial charge in [0.05, 0.1) is 12.0 Å². The maximum absolute atomic E-state index is 12.3. The van der Waals surface area contributed by atoms with Crippen LogP contribution in [-0.4, -0.2) is 31.1 Å². The van der Waals surface area contributed by atoms with Gasteiger partial charge in [-0.2, -0.15) is 0 Å². The van der Waals surface area contributed by atoms with Gasteiger partial charge in [0.15, 0.2) is 5.79 Å². The van der Waals surface area contributed by atoms with Gasteiger partial charge in [-0.3, -0.25) is 4.79 Å². The van der Waals surface area contributed by atoms with Crippen LogP contribution < -0.4 is 0 Å².